The lowest BCUT2D eigenvalue weighted by Gasteiger charge is -2.05. The summed E-state index contributed by atoms with van der Waals surface area (Å²) in [5.41, 5.74) is 0.958. The van der Waals surface area contributed by atoms with Crippen molar-refractivity contribution in [2.75, 3.05) is 6.61 Å². The van der Waals surface area contributed by atoms with E-state index in [9.17, 15) is 9.18 Å². The van der Waals surface area contributed by atoms with Gasteiger partial charge in [0.05, 0.1) is 13.0 Å². The highest BCUT2D eigenvalue weighted by Gasteiger charge is 2.20. The quantitative estimate of drug-likeness (QED) is 0.777. The molecule has 0 spiro atoms. The van der Waals surface area contributed by atoms with E-state index in [1.54, 1.807) is 6.07 Å². The topological polar surface area (TPSA) is 46.5 Å². The lowest BCUT2D eigenvalue weighted by atomic mass is 10.0. The zero-order valence-electron chi connectivity index (χ0n) is 7.42. The third-order valence-electron chi connectivity index (χ3n) is 2.27. The van der Waals surface area contributed by atoms with Crippen LogP contribution in [0.5, 0.6) is 5.75 Å². The minimum atomic E-state index is -1.02. The van der Waals surface area contributed by atoms with Crippen LogP contribution in [0.25, 0.3) is 0 Å². The molecule has 4 heteroatoms. The molecule has 0 fully saturated rings. The molecule has 0 saturated carbocycles. The maximum Gasteiger partial charge on any atom is 0.307 e. The molecule has 0 amide bonds. The summed E-state index contributed by atoms with van der Waals surface area (Å²) in [5, 5.41) is 8.62. The molecule has 0 saturated heterocycles. The number of rotatable bonds is 2. The second-order valence-corrected chi connectivity index (χ2v) is 3.17. The van der Waals surface area contributed by atoms with Gasteiger partial charge in [-0.3, -0.25) is 4.79 Å². The van der Waals surface area contributed by atoms with Crippen molar-refractivity contribution in [3.8, 4) is 5.75 Å². The lowest BCUT2D eigenvalue weighted by molar-refractivity contribution is -0.136. The van der Waals surface area contributed by atoms with Gasteiger partial charge in [0.15, 0.2) is 0 Å². The van der Waals surface area contributed by atoms with Crippen LogP contribution in [0.15, 0.2) is 12.1 Å². The van der Waals surface area contributed by atoms with Gasteiger partial charge in [0.1, 0.15) is 11.6 Å². The summed E-state index contributed by atoms with van der Waals surface area (Å²) in [7, 11) is 0. The number of hydrogen-bond donors (Lipinski definition) is 1. The molecule has 1 aromatic rings. The van der Waals surface area contributed by atoms with E-state index in [1.807, 2.05) is 0 Å². The predicted molar refractivity (Wildman–Crippen MR) is 46.9 cm³/mol. The van der Waals surface area contributed by atoms with Gasteiger partial charge < -0.3 is 9.84 Å². The van der Waals surface area contributed by atoms with E-state index in [0.29, 0.717) is 24.3 Å². The molecule has 2 rings (SSSR count). The Morgan fingerprint density at radius 1 is 1.57 bits per heavy atom. The van der Waals surface area contributed by atoms with E-state index in [0.717, 1.165) is 0 Å². The molecule has 0 bridgehead atoms. The second kappa shape index (κ2) is 3.29. The molecule has 0 aliphatic carbocycles. The Labute approximate surface area is 80.1 Å². The normalized spacial score (nSPS) is 13.5. The molecule has 74 valence electrons. The number of carbonyl (C=O) groups is 1. The summed E-state index contributed by atoms with van der Waals surface area (Å²) < 4.78 is 18.5. The molecule has 3 nitrogen and oxygen atoms in total. The van der Waals surface area contributed by atoms with E-state index in [-0.39, 0.29) is 12.0 Å². The fourth-order valence-corrected chi connectivity index (χ4v) is 1.66. The maximum absolute atomic E-state index is 13.3. The summed E-state index contributed by atoms with van der Waals surface area (Å²) >= 11 is 0. The standard InChI is InChI=1S/C10H9FO3/c11-8-1-2-9-6(3-4-14-9)7(8)5-10(12)13/h1-2H,3-5H2,(H,12,13). The number of aliphatic carboxylic acids is 1. The first-order valence-corrected chi connectivity index (χ1v) is 4.33. The van der Waals surface area contributed by atoms with Crippen LogP contribution in [0.2, 0.25) is 0 Å². The number of fused-ring (bicyclic) bond motifs is 1. The van der Waals surface area contributed by atoms with Crippen molar-refractivity contribution in [2.24, 2.45) is 0 Å². The summed E-state index contributed by atoms with van der Waals surface area (Å²) in [6, 6.07) is 2.80. The van der Waals surface area contributed by atoms with Gasteiger partial charge in [0.2, 0.25) is 0 Å². The van der Waals surface area contributed by atoms with Gasteiger partial charge in [-0.05, 0) is 12.1 Å². The Bertz CT molecular complexity index is 387. The third kappa shape index (κ3) is 1.43. The van der Waals surface area contributed by atoms with Gasteiger partial charge in [0.25, 0.3) is 0 Å². The number of carboxylic acids is 1. The van der Waals surface area contributed by atoms with Gasteiger partial charge in [0, 0.05) is 17.5 Å². The number of carboxylic acid groups (broad SMARTS) is 1. The average Bonchev–Trinajstić information content (AvgIpc) is 2.57. The number of halogens is 1. The summed E-state index contributed by atoms with van der Waals surface area (Å²) in [6.07, 6.45) is 0.314. The molecule has 1 aromatic carbocycles. The van der Waals surface area contributed by atoms with Gasteiger partial charge in [-0.1, -0.05) is 0 Å². The molecule has 1 aliphatic rings. The molecule has 1 aliphatic heterocycles. The van der Waals surface area contributed by atoms with E-state index in [4.69, 9.17) is 9.84 Å². The van der Waals surface area contributed by atoms with Crippen molar-refractivity contribution in [1.29, 1.82) is 0 Å². The largest absolute Gasteiger partial charge is 0.493 e. The molecule has 0 aromatic heterocycles. The Morgan fingerprint density at radius 2 is 2.36 bits per heavy atom. The van der Waals surface area contributed by atoms with Crippen molar-refractivity contribution in [3.63, 3.8) is 0 Å². The van der Waals surface area contributed by atoms with E-state index >= 15 is 0 Å². The zero-order valence-corrected chi connectivity index (χ0v) is 7.42. The number of ether oxygens (including phenoxy) is 1. The Hall–Kier alpha value is -1.58. The fraction of sp³-hybridized carbons (Fsp3) is 0.300. The van der Waals surface area contributed by atoms with Crippen molar-refractivity contribution < 1.29 is 19.0 Å². The molecule has 1 heterocycles. The van der Waals surface area contributed by atoms with Crippen molar-refractivity contribution in [1.82, 2.24) is 0 Å². The van der Waals surface area contributed by atoms with E-state index in [1.165, 1.54) is 6.07 Å². The molecule has 14 heavy (non-hydrogen) atoms. The van der Waals surface area contributed by atoms with Crippen LogP contribution >= 0.6 is 0 Å². The second-order valence-electron chi connectivity index (χ2n) is 3.17. The van der Waals surface area contributed by atoms with Gasteiger partial charge in [-0.2, -0.15) is 0 Å². The number of hydrogen-bond acceptors (Lipinski definition) is 2. The first kappa shape index (κ1) is 8.99. The molecule has 0 unspecified atom stereocenters. The maximum atomic E-state index is 13.3. The average molecular weight is 196 g/mol. The molecular weight excluding hydrogens is 187 g/mol. The monoisotopic (exact) mass is 196 g/mol. The highest BCUT2D eigenvalue weighted by Crippen LogP contribution is 2.30. The molecule has 0 radical (unpaired) electrons. The van der Waals surface area contributed by atoms with Crippen molar-refractivity contribution in [2.45, 2.75) is 12.8 Å². The van der Waals surface area contributed by atoms with Gasteiger partial charge in [-0.15, -0.1) is 0 Å². The Kier molecular flexibility index (Phi) is 2.11. The first-order chi connectivity index (χ1) is 6.68. The summed E-state index contributed by atoms with van der Waals surface area (Å²) in [5.74, 6) is -0.872. The van der Waals surface area contributed by atoms with Gasteiger partial charge in [-0.25, -0.2) is 4.39 Å². The lowest BCUT2D eigenvalue weighted by Crippen LogP contribution is -2.05. The molecular formula is C10H9FO3. The van der Waals surface area contributed by atoms with Crippen LogP contribution in [-0.2, 0) is 17.6 Å². The molecule has 0 atom stereocenters. The SMILES string of the molecule is O=C(O)Cc1c(F)ccc2c1CCO2. The van der Waals surface area contributed by atoms with Crippen LogP contribution < -0.4 is 4.74 Å². The third-order valence-corrected chi connectivity index (χ3v) is 2.27. The van der Waals surface area contributed by atoms with Crippen molar-refractivity contribution in [3.05, 3.63) is 29.1 Å². The molecule has 1 N–H and O–H groups in total. The van der Waals surface area contributed by atoms with Crippen molar-refractivity contribution >= 4 is 5.97 Å². The van der Waals surface area contributed by atoms with Crippen LogP contribution in [-0.4, -0.2) is 17.7 Å². The van der Waals surface area contributed by atoms with E-state index < -0.39 is 11.8 Å². The first-order valence-electron chi connectivity index (χ1n) is 4.33. The minimum absolute atomic E-state index is 0.257. The zero-order chi connectivity index (χ0) is 10.1. The van der Waals surface area contributed by atoms with Crippen LogP contribution in [0.3, 0.4) is 0 Å². The Morgan fingerprint density at radius 3 is 3.07 bits per heavy atom. The fourth-order valence-electron chi connectivity index (χ4n) is 1.66. The van der Waals surface area contributed by atoms with Crippen LogP contribution in [0.4, 0.5) is 4.39 Å². The van der Waals surface area contributed by atoms with Crippen LogP contribution in [0.1, 0.15) is 11.1 Å². The van der Waals surface area contributed by atoms with E-state index in [2.05, 4.69) is 0 Å². The highest BCUT2D eigenvalue weighted by atomic mass is 19.1. The van der Waals surface area contributed by atoms with Gasteiger partial charge >= 0.3 is 5.97 Å². The number of benzene rings is 1. The summed E-state index contributed by atoms with van der Waals surface area (Å²) in [6.45, 7) is 0.505. The summed E-state index contributed by atoms with van der Waals surface area (Å²) in [4.78, 5) is 10.5. The Balaban J connectivity index is 2.46. The predicted octanol–water partition coefficient (Wildman–Crippen LogP) is 1.39. The van der Waals surface area contributed by atoms with Crippen LogP contribution in [0, 0.1) is 5.82 Å². The highest BCUT2D eigenvalue weighted by molar-refractivity contribution is 5.71. The smallest absolute Gasteiger partial charge is 0.307 e. The minimum Gasteiger partial charge on any atom is -0.493 e.